The van der Waals surface area contributed by atoms with Gasteiger partial charge >= 0.3 is 0 Å². The molecule has 1 saturated heterocycles. The number of benzene rings is 1. The number of halogens is 1. The van der Waals surface area contributed by atoms with Gasteiger partial charge in [0.15, 0.2) is 0 Å². The van der Waals surface area contributed by atoms with Crippen molar-refractivity contribution in [2.75, 3.05) is 19.6 Å². The maximum absolute atomic E-state index is 14.0. The van der Waals surface area contributed by atoms with Gasteiger partial charge in [-0.3, -0.25) is 4.90 Å². The average molecular weight is 408 g/mol. The molecule has 4 rings (SSSR count). The minimum atomic E-state index is -3.78. The zero-order chi connectivity index (χ0) is 19.7. The van der Waals surface area contributed by atoms with Crippen LogP contribution in [0.15, 0.2) is 23.1 Å². The zero-order valence-electron chi connectivity index (χ0n) is 16.1. The van der Waals surface area contributed by atoms with E-state index in [2.05, 4.69) is 15.2 Å². The number of likely N-dealkylation sites (tertiary alicyclic amines) is 1. The molecule has 28 heavy (non-hydrogen) atoms. The Balaban J connectivity index is 1.60. The number of rotatable bonds is 4. The van der Waals surface area contributed by atoms with Crippen molar-refractivity contribution >= 4 is 10.0 Å². The molecular formula is C19H26FN5O2S. The van der Waals surface area contributed by atoms with Gasteiger partial charge in [-0.25, -0.2) is 17.5 Å². The predicted molar refractivity (Wildman–Crippen MR) is 102 cm³/mol. The number of hydrogen-bond donors (Lipinski definition) is 0. The normalized spacial score (nSPS) is 19.4. The molecular weight excluding hydrogens is 381 g/mol. The van der Waals surface area contributed by atoms with E-state index in [9.17, 15) is 12.8 Å². The van der Waals surface area contributed by atoms with Gasteiger partial charge in [0.1, 0.15) is 11.5 Å². The lowest BCUT2D eigenvalue weighted by atomic mass is 10.1. The third kappa shape index (κ3) is 3.83. The number of piperidine rings is 1. The molecule has 2 aromatic rings. The third-order valence-corrected chi connectivity index (χ3v) is 7.47. The highest BCUT2D eigenvalue weighted by atomic mass is 32.2. The lowest BCUT2D eigenvalue weighted by Gasteiger charge is -2.26. The van der Waals surface area contributed by atoms with Crippen LogP contribution in [-0.2, 0) is 29.7 Å². The Bertz CT molecular complexity index is 953. The first-order valence-corrected chi connectivity index (χ1v) is 11.3. The second kappa shape index (κ2) is 7.88. The van der Waals surface area contributed by atoms with Crippen LogP contribution in [0.4, 0.5) is 4.39 Å². The minimum absolute atomic E-state index is 0.00546. The number of sulfonamides is 1. The first-order valence-electron chi connectivity index (χ1n) is 9.85. The molecule has 3 heterocycles. The van der Waals surface area contributed by atoms with E-state index < -0.39 is 15.8 Å². The van der Waals surface area contributed by atoms with Gasteiger partial charge in [0.05, 0.1) is 17.1 Å². The van der Waals surface area contributed by atoms with Crippen molar-refractivity contribution in [3.63, 3.8) is 0 Å². The number of hydrogen-bond acceptors (Lipinski definition) is 5. The van der Waals surface area contributed by atoms with E-state index in [-0.39, 0.29) is 11.4 Å². The van der Waals surface area contributed by atoms with E-state index in [1.54, 1.807) is 6.92 Å². The fourth-order valence-corrected chi connectivity index (χ4v) is 5.36. The second-order valence-corrected chi connectivity index (χ2v) is 9.58. The number of fused-ring (bicyclic) bond motifs is 1. The maximum Gasteiger partial charge on any atom is 0.243 e. The van der Waals surface area contributed by atoms with Crippen LogP contribution in [0.3, 0.4) is 0 Å². The van der Waals surface area contributed by atoms with Gasteiger partial charge in [0, 0.05) is 19.6 Å². The van der Waals surface area contributed by atoms with Gasteiger partial charge in [-0.15, -0.1) is 5.10 Å². The quantitative estimate of drug-likeness (QED) is 0.778. The van der Waals surface area contributed by atoms with Gasteiger partial charge in [-0.1, -0.05) is 17.7 Å². The highest BCUT2D eigenvalue weighted by Gasteiger charge is 2.30. The first kappa shape index (κ1) is 19.5. The van der Waals surface area contributed by atoms with Crippen molar-refractivity contribution in [2.45, 2.75) is 57.1 Å². The lowest BCUT2D eigenvalue weighted by molar-refractivity contribution is 0.217. The summed E-state index contributed by atoms with van der Waals surface area (Å²) in [5, 5.41) is 8.59. The van der Waals surface area contributed by atoms with Gasteiger partial charge in [0.2, 0.25) is 10.0 Å². The van der Waals surface area contributed by atoms with Crippen molar-refractivity contribution in [1.29, 1.82) is 0 Å². The topological polar surface area (TPSA) is 71.3 Å². The molecule has 1 aromatic heterocycles. The Labute approximate surface area is 165 Å². The maximum atomic E-state index is 14.0. The summed E-state index contributed by atoms with van der Waals surface area (Å²) in [5.74, 6) is -0.506. The van der Waals surface area contributed by atoms with E-state index in [4.69, 9.17) is 0 Å². The van der Waals surface area contributed by atoms with Crippen LogP contribution >= 0.6 is 0 Å². The van der Waals surface area contributed by atoms with Gasteiger partial charge in [-0.05, 0) is 57.0 Å². The Kier molecular flexibility index (Phi) is 5.48. The van der Waals surface area contributed by atoms with Gasteiger partial charge in [0.25, 0.3) is 0 Å². The molecule has 1 fully saturated rings. The second-order valence-electron chi connectivity index (χ2n) is 7.65. The molecule has 9 heteroatoms. The summed E-state index contributed by atoms with van der Waals surface area (Å²) in [4.78, 5) is 2.35. The molecule has 0 unspecified atom stereocenters. The number of aromatic nitrogens is 3. The van der Waals surface area contributed by atoms with E-state index >= 15 is 0 Å². The molecule has 0 bridgehead atoms. The Morgan fingerprint density at radius 1 is 1.07 bits per heavy atom. The van der Waals surface area contributed by atoms with E-state index in [1.807, 2.05) is 4.68 Å². The zero-order valence-corrected chi connectivity index (χ0v) is 17.0. The highest BCUT2D eigenvalue weighted by molar-refractivity contribution is 7.89. The molecule has 0 amide bonds. The molecule has 0 aliphatic carbocycles. The van der Waals surface area contributed by atoms with E-state index in [0.717, 1.165) is 30.5 Å². The van der Waals surface area contributed by atoms with Crippen LogP contribution in [0.2, 0.25) is 0 Å². The molecule has 0 radical (unpaired) electrons. The summed E-state index contributed by atoms with van der Waals surface area (Å²) in [5.41, 5.74) is 2.12. The SMILES string of the molecule is Cc1ccc(S(=O)(=O)N2CCCn3nnc(CN4CCCCC4)c3C2)cc1F. The molecule has 2 aliphatic heterocycles. The van der Waals surface area contributed by atoms with E-state index in [0.29, 0.717) is 31.6 Å². The summed E-state index contributed by atoms with van der Waals surface area (Å²) in [6, 6.07) is 4.09. The highest BCUT2D eigenvalue weighted by Crippen LogP contribution is 2.24. The van der Waals surface area contributed by atoms with Crippen LogP contribution < -0.4 is 0 Å². The van der Waals surface area contributed by atoms with Crippen LogP contribution in [-0.4, -0.2) is 52.3 Å². The van der Waals surface area contributed by atoms with Gasteiger partial charge in [-0.2, -0.15) is 4.31 Å². The average Bonchev–Trinajstić information content (AvgIpc) is 2.92. The van der Waals surface area contributed by atoms with Crippen molar-refractivity contribution in [3.8, 4) is 0 Å². The minimum Gasteiger partial charge on any atom is -0.297 e. The molecule has 2 aliphatic rings. The van der Waals surface area contributed by atoms with Crippen LogP contribution in [0.5, 0.6) is 0 Å². The standard InChI is InChI=1S/C19H26FN5O2S/c1-15-6-7-16(12-17(15)20)28(26,27)24-10-5-11-25-19(14-24)18(21-22-25)13-23-8-3-2-4-9-23/h6-7,12H,2-5,8-11,13-14H2,1H3. The summed E-state index contributed by atoms with van der Waals surface area (Å²) < 4.78 is 43.5. The van der Waals surface area contributed by atoms with Crippen LogP contribution in [0.1, 0.15) is 42.6 Å². The molecule has 7 nitrogen and oxygen atoms in total. The summed E-state index contributed by atoms with van der Waals surface area (Å²) in [7, 11) is -3.78. The lowest BCUT2D eigenvalue weighted by Crippen LogP contribution is -2.32. The molecule has 1 aromatic carbocycles. The van der Waals surface area contributed by atoms with Crippen molar-refractivity contribution < 1.29 is 12.8 Å². The summed E-state index contributed by atoms with van der Waals surface area (Å²) >= 11 is 0. The van der Waals surface area contributed by atoms with E-state index in [1.165, 1.54) is 35.7 Å². The monoisotopic (exact) mass is 407 g/mol. The Morgan fingerprint density at radius 3 is 2.61 bits per heavy atom. The molecule has 0 atom stereocenters. The Hall–Kier alpha value is -1.84. The summed E-state index contributed by atoms with van der Waals surface area (Å²) in [6.07, 6.45) is 4.27. The van der Waals surface area contributed by atoms with Crippen molar-refractivity contribution in [3.05, 3.63) is 41.0 Å². The Morgan fingerprint density at radius 2 is 1.86 bits per heavy atom. The van der Waals surface area contributed by atoms with Crippen LogP contribution in [0.25, 0.3) is 0 Å². The molecule has 0 N–H and O–H groups in total. The smallest absolute Gasteiger partial charge is 0.243 e. The third-order valence-electron chi connectivity index (χ3n) is 5.62. The molecule has 152 valence electrons. The fourth-order valence-electron chi connectivity index (χ4n) is 3.90. The van der Waals surface area contributed by atoms with Crippen molar-refractivity contribution in [2.24, 2.45) is 0 Å². The number of aryl methyl sites for hydroxylation is 2. The summed E-state index contributed by atoms with van der Waals surface area (Å²) in [6.45, 7) is 5.63. The largest absolute Gasteiger partial charge is 0.297 e. The van der Waals surface area contributed by atoms with Gasteiger partial charge < -0.3 is 0 Å². The molecule has 0 spiro atoms. The predicted octanol–water partition coefficient (Wildman–Crippen LogP) is 2.31. The van der Waals surface area contributed by atoms with Crippen molar-refractivity contribution in [1.82, 2.24) is 24.2 Å². The first-order chi connectivity index (χ1) is 13.4. The molecule has 0 saturated carbocycles. The van der Waals surface area contributed by atoms with Crippen LogP contribution in [0, 0.1) is 12.7 Å². The number of nitrogens with zero attached hydrogens (tertiary/aromatic N) is 5. The fraction of sp³-hybridized carbons (Fsp3) is 0.579.